The minimum absolute atomic E-state index is 0.349. The fourth-order valence-electron chi connectivity index (χ4n) is 0.796. The van der Waals surface area contributed by atoms with Crippen molar-refractivity contribution in [3.63, 3.8) is 0 Å². The highest BCUT2D eigenvalue weighted by atomic mass is 16.5. The number of hydrogen-bond donors (Lipinski definition) is 0. The summed E-state index contributed by atoms with van der Waals surface area (Å²) < 4.78 is 10.4. The molecular weight excluding hydrogens is 140 g/mol. The number of unbranched alkanes of at least 4 members (excludes halogenated alkanes) is 1. The first-order chi connectivity index (χ1) is 5.31. The summed E-state index contributed by atoms with van der Waals surface area (Å²) in [7, 11) is 1.72. The zero-order valence-corrected chi connectivity index (χ0v) is 7.93. The van der Waals surface area contributed by atoms with Gasteiger partial charge in [-0.3, -0.25) is 0 Å². The van der Waals surface area contributed by atoms with Gasteiger partial charge in [0.1, 0.15) is 0 Å². The van der Waals surface area contributed by atoms with Crippen molar-refractivity contribution in [3.8, 4) is 0 Å². The van der Waals surface area contributed by atoms with Gasteiger partial charge in [-0.1, -0.05) is 13.3 Å². The van der Waals surface area contributed by atoms with Gasteiger partial charge in [-0.05, 0) is 19.8 Å². The maximum atomic E-state index is 5.50. The van der Waals surface area contributed by atoms with Gasteiger partial charge < -0.3 is 9.47 Å². The van der Waals surface area contributed by atoms with Crippen LogP contribution in [0.2, 0.25) is 0 Å². The number of rotatable bonds is 7. The lowest BCUT2D eigenvalue weighted by atomic mass is 10.3. The van der Waals surface area contributed by atoms with Gasteiger partial charge in [0.25, 0.3) is 0 Å². The maximum absolute atomic E-state index is 5.50. The Morgan fingerprint density at radius 1 is 1.27 bits per heavy atom. The van der Waals surface area contributed by atoms with Crippen LogP contribution in [0.3, 0.4) is 0 Å². The van der Waals surface area contributed by atoms with Gasteiger partial charge in [-0.2, -0.15) is 0 Å². The second-order valence-electron chi connectivity index (χ2n) is 2.82. The standard InChI is InChI=1S/C9H20O2/c1-4-5-7-11-9(2)6-8-10-3/h9H,4-8H2,1-3H3. The lowest BCUT2D eigenvalue weighted by Gasteiger charge is -2.11. The highest BCUT2D eigenvalue weighted by molar-refractivity contribution is 4.48. The average Bonchev–Trinajstić information content (AvgIpc) is 2.01. The molecule has 0 fully saturated rings. The van der Waals surface area contributed by atoms with Crippen molar-refractivity contribution in [2.45, 2.75) is 39.2 Å². The van der Waals surface area contributed by atoms with Crippen LogP contribution in [-0.4, -0.2) is 26.4 Å². The molecule has 0 aliphatic heterocycles. The van der Waals surface area contributed by atoms with E-state index < -0.39 is 0 Å². The molecule has 2 heteroatoms. The smallest absolute Gasteiger partial charge is 0.0568 e. The summed E-state index contributed by atoms with van der Waals surface area (Å²) in [5, 5.41) is 0. The molecule has 1 atom stereocenters. The fraction of sp³-hybridized carbons (Fsp3) is 1.00. The first-order valence-electron chi connectivity index (χ1n) is 4.41. The average molecular weight is 160 g/mol. The fourth-order valence-corrected chi connectivity index (χ4v) is 0.796. The summed E-state index contributed by atoms with van der Waals surface area (Å²) in [6, 6.07) is 0. The van der Waals surface area contributed by atoms with Crippen LogP contribution in [0.5, 0.6) is 0 Å². The highest BCUT2D eigenvalue weighted by Gasteiger charge is 1.99. The van der Waals surface area contributed by atoms with Crippen LogP contribution in [-0.2, 0) is 9.47 Å². The van der Waals surface area contributed by atoms with Gasteiger partial charge >= 0.3 is 0 Å². The normalized spacial score (nSPS) is 13.4. The van der Waals surface area contributed by atoms with E-state index in [1.165, 1.54) is 6.42 Å². The van der Waals surface area contributed by atoms with E-state index in [0.717, 1.165) is 26.1 Å². The molecule has 0 rings (SSSR count). The van der Waals surface area contributed by atoms with Crippen molar-refractivity contribution >= 4 is 0 Å². The molecule has 0 amide bonds. The van der Waals surface area contributed by atoms with Crippen molar-refractivity contribution in [3.05, 3.63) is 0 Å². The van der Waals surface area contributed by atoms with E-state index in [4.69, 9.17) is 9.47 Å². The van der Waals surface area contributed by atoms with E-state index in [1.54, 1.807) is 7.11 Å². The lowest BCUT2D eigenvalue weighted by molar-refractivity contribution is 0.0394. The molecule has 0 N–H and O–H groups in total. The van der Waals surface area contributed by atoms with Gasteiger partial charge in [-0.25, -0.2) is 0 Å². The zero-order valence-electron chi connectivity index (χ0n) is 7.93. The van der Waals surface area contributed by atoms with Crippen LogP contribution in [0.25, 0.3) is 0 Å². The summed E-state index contributed by atoms with van der Waals surface area (Å²) in [5.41, 5.74) is 0. The Morgan fingerprint density at radius 2 is 2.00 bits per heavy atom. The van der Waals surface area contributed by atoms with Gasteiger partial charge in [-0.15, -0.1) is 0 Å². The van der Waals surface area contributed by atoms with E-state index in [2.05, 4.69) is 13.8 Å². The Morgan fingerprint density at radius 3 is 2.55 bits per heavy atom. The number of methoxy groups -OCH3 is 1. The third kappa shape index (κ3) is 7.82. The second-order valence-corrected chi connectivity index (χ2v) is 2.82. The van der Waals surface area contributed by atoms with Crippen LogP contribution in [0, 0.1) is 0 Å². The first kappa shape index (κ1) is 10.9. The molecule has 0 aliphatic rings. The van der Waals surface area contributed by atoms with Gasteiger partial charge in [0.2, 0.25) is 0 Å². The SMILES string of the molecule is CCCCOC(C)CCOC. The molecule has 0 bridgehead atoms. The molecule has 1 unspecified atom stereocenters. The van der Waals surface area contributed by atoms with Crippen molar-refractivity contribution in [1.82, 2.24) is 0 Å². The summed E-state index contributed by atoms with van der Waals surface area (Å²) in [6.07, 6.45) is 3.72. The topological polar surface area (TPSA) is 18.5 Å². The Hall–Kier alpha value is -0.0800. The van der Waals surface area contributed by atoms with Gasteiger partial charge in [0.05, 0.1) is 6.10 Å². The molecule has 0 saturated carbocycles. The van der Waals surface area contributed by atoms with Crippen molar-refractivity contribution in [2.75, 3.05) is 20.3 Å². The second kappa shape index (κ2) is 8.02. The first-order valence-corrected chi connectivity index (χ1v) is 4.41. The molecule has 0 aliphatic carbocycles. The third-order valence-electron chi connectivity index (χ3n) is 1.63. The predicted octanol–water partition coefficient (Wildman–Crippen LogP) is 2.23. The monoisotopic (exact) mass is 160 g/mol. The highest BCUT2D eigenvalue weighted by Crippen LogP contribution is 1.99. The Balaban J connectivity index is 3.02. The molecule has 0 aromatic rings. The molecule has 0 radical (unpaired) electrons. The Bertz CT molecular complexity index is 74.0. The molecule has 2 nitrogen and oxygen atoms in total. The molecule has 0 heterocycles. The van der Waals surface area contributed by atoms with Crippen molar-refractivity contribution < 1.29 is 9.47 Å². The molecule has 0 spiro atoms. The number of ether oxygens (including phenoxy) is 2. The lowest BCUT2D eigenvalue weighted by Crippen LogP contribution is -2.11. The zero-order chi connectivity index (χ0) is 8.53. The molecule has 0 saturated heterocycles. The van der Waals surface area contributed by atoms with Crippen LogP contribution in [0.4, 0.5) is 0 Å². The van der Waals surface area contributed by atoms with E-state index in [-0.39, 0.29) is 0 Å². The van der Waals surface area contributed by atoms with E-state index in [0.29, 0.717) is 6.10 Å². The van der Waals surface area contributed by atoms with Gasteiger partial charge in [0.15, 0.2) is 0 Å². The minimum atomic E-state index is 0.349. The molecule has 0 aromatic carbocycles. The van der Waals surface area contributed by atoms with Crippen LogP contribution in [0.1, 0.15) is 33.1 Å². The van der Waals surface area contributed by atoms with Crippen molar-refractivity contribution in [1.29, 1.82) is 0 Å². The van der Waals surface area contributed by atoms with Gasteiger partial charge in [0, 0.05) is 20.3 Å². The van der Waals surface area contributed by atoms with Crippen LogP contribution in [0.15, 0.2) is 0 Å². The summed E-state index contributed by atoms with van der Waals surface area (Å²) in [5.74, 6) is 0. The maximum Gasteiger partial charge on any atom is 0.0568 e. The molecule has 0 aromatic heterocycles. The summed E-state index contributed by atoms with van der Waals surface area (Å²) >= 11 is 0. The Kier molecular flexibility index (Phi) is 7.96. The minimum Gasteiger partial charge on any atom is -0.385 e. The van der Waals surface area contributed by atoms with E-state index >= 15 is 0 Å². The Labute approximate surface area is 69.9 Å². The quantitative estimate of drug-likeness (QED) is 0.532. The third-order valence-corrected chi connectivity index (χ3v) is 1.63. The summed E-state index contributed by atoms with van der Waals surface area (Å²) in [4.78, 5) is 0. The van der Waals surface area contributed by atoms with Crippen LogP contribution < -0.4 is 0 Å². The number of hydrogen-bond acceptors (Lipinski definition) is 2. The molecule has 11 heavy (non-hydrogen) atoms. The summed E-state index contributed by atoms with van der Waals surface area (Å²) in [6.45, 7) is 5.95. The largest absolute Gasteiger partial charge is 0.385 e. The van der Waals surface area contributed by atoms with Crippen LogP contribution >= 0.6 is 0 Å². The van der Waals surface area contributed by atoms with E-state index in [1.807, 2.05) is 0 Å². The predicted molar refractivity (Wildman–Crippen MR) is 46.8 cm³/mol. The molecule has 68 valence electrons. The van der Waals surface area contributed by atoms with E-state index in [9.17, 15) is 0 Å². The molecular formula is C9H20O2. The van der Waals surface area contributed by atoms with Crippen molar-refractivity contribution in [2.24, 2.45) is 0 Å².